The zero-order chi connectivity index (χ0) is 17.7. The van der Waals surface area contributed by atoms with Crippen molar-refractivity contribution >= 4 is 35.1 Å². The Labute approximate surface area is 147 Å². The van der Waals surface area contributed by atoms with Crippen LogP contribution in [0.1, 0.15) is 15.9 Å². The van der Waals surface area contributed by atoms with Crippen LogP contribution in [0.4, 0.5) is 8.78 Å². The molecule has 0 aliphatic heterocycles. The van der Waals surface area contributed by atoms with Gasteiger partial charge in [-0.2, -0.15) is 8.78 Å². The molecule has 0 atom stereocenters. The van der Waals surface area contributed by atoms with Crippen LogP contribution in [0.3, 0.4) is 0 Å². The van der Waals surface area contributed by atoms with Gasteiger partial charge in [-0.3, -0.25) is 4.79 Å². The first-order valence-electron chi connectivity index (χ1n) is 6.71. The lowest BCUT2D eigenvalue weighted by atomic mass is 10.1. The van der Waals surface area contributed by atoms with Gasteiger partial charge in [0.15, 0.2) is 17.3 Å². The van der Waals surface area contributed by atoms with Gasteiger partial charge in [-0.15, -0.1) is 0 Å². The molecule has 0 unspecified atom stereocenters. The van der Waals surface area contributed by atoms with Crippen LogP contribution in [0.2, 0.25) is 10.0 Å². The molecule has 0 aromatic heterocycles. The zero-order valence-electron chi connectivity index (χ0n) is 12.4. The molecule has 0 spiro atoms. The lowest BCUT2D eigenvalue weighted by Gasteiger charge is -2.10. The van der Waals surface area contributed by atoms with Gasteiger partial charge in [-0.25, -0.2) is 0 Å². The molecule has 7 heteroatoms. The summed E-state index contributed by atoms with van der Waals surface area (Å²) in [5, 5.41) is 0.896. The second-order valence-electron chi connectivity index (χ2n) is 4.61. The van der Waals surface area contributed by atoms with Gasteiger partial charge in [-0.05, 0) is 48.0 Å². The lowest BCUT2D eigenvalue weighted by Crippen LogP contribution is -2.04. The first-order chi connectivity index (χ1) is 11.4. The van der Waals surface area contributed by atoms with Crippen LogP contribution in [0.15, 0.2) is 42.5 Å². The van der Waals surface area contributed by atoms with Gasteiger partial charge in [0, 0.05) is 15.6 Å². The number of ketones is 1. The first kappa shape index (κ1) is 18.2. The van der Waals surface area contributed by atoms with Gasteiger partial charge >= 0.3 is 6.61 Å². The molecule has 0 heterocycles. The average Bonchev–Trinajstić information content (AvgIpc) is 2.53. The molecule has 0 amide bonds. The number of hydrogen-bond donors (Lipinski definition) is 0. The Balaban J connectivity index is 2.21. The Morgan fingerprint density at radius 1 is 1.12 bits per heavy atom. The second kappa shape index (κ2) is 8.13. The molecular weight excluding hydrogens is 361 g/mol. The van der Waals surface area contributed by atoms with Gasteiger partial charge in [0.25, 0.3) is 0 Å². The summed E-state index contributed by atoms with van der Waals surface area (Å²) in [4.78, 5) is 12.2. The average molecular weight is 373 g/mol. The zero-order valence-corrected chi connectivity index (χ0v) is 13.9. The Morgan fingerprint density at radius 3 is 2.50 bits per heavy atom. The molecule has 24 heavy (non-hydrogen) atoms. The summed E-state index contributed by atoms with van der Waals surface area (Å²) < 4.78 is 33.9. The topological polar surface area (TPSA) is 35.5 Å². The number of carbonyl (C=O) groups excluding carboxylic acids is 1. The van der Waals surface area contributed by atoms with E-state index in [1.807, 2.05) is 0 Å². The molecule has 0 radical (unpaired) electrons. The van der Waals surface area contributed by atoms with Crippen molar-refractivity contribution in [3.05, 3.63) is 63.6 Å². The van der Waals surface area contributed by atoms with Crippen LogP contribution in [0.5, 0.6) is 11.5 Å². The predicted octanol–water partition coefficient (Wildman–Crippen LogP) is 5.50. The molecule has 0 saturated carbocycles. The fraction of sp³-hybridized carbons (Fsp3) is 0.118. The maximum absolute atomic E-state index is 12.3. The second-order valence-corrected chi connectivity index (χ2v) is 5.45. The third-order valence-corrected chi connectivity index (χ3v) is 3.60. The van der Waals surface area contributed by atoms with Crippen LogP contribution >= 0.6 is 23.2 Å². The Kier molecular flexibility index (Phi) is 6.17. The number of alkyl halides is 2. The smallest absolute Gasteiger partial charge is 0.387 e. The van der Waals surface area contributed by atoms with E-state index >= 15 is 0 Å². The van der Waals surface area contributed by atoms with E-state index in [0.29, 0.717) is 15.6 Å². The Morgan fingerprint density at radius 2 is 1.88 bits per heavy atom. The molecule has 2 rings (SSSR count). The highest BCUT2D eigenvalue weighted by molar-refractivity contribution is 6.35. The normalized spacial score (nSPS) is 11.1. The number of methoxy groups -OCH3 is 1. The van der Waals surface area contributed by atoms with Crippen LogP contribution in [0.25, 0.3) is 6.08 Å². The summed E-state index contributed by atoms with van der Waals surface area (Å²) >= 11 is 11.8. The van der Waals surface area contributed by atoms with Crippen LogP contribution in [-0.2, 0) is 0 Å². The van der Waals surface area contributed by atoms with Crippen molar-refractivity contribution in [1.29, 1.82) is 0 Å². The number of benzene rings is 2. The minimum Gasteiger partial charge on any atom is -0.493 e. The number of halogens is 4. The van der Waals surface area contributed by atoms with Crippen molar-refractivity contribution in [3.8, 4) is 11.5 Å². The van der Waals surface area contributed by atoms with E-state index in [2.05, 4.69) is 4.74 Å². The molecule has 2 aromatic rings. The fourth-order valence-corrected chi connectivity index (χ4v) is 2.38. The molecule has 0 saturated heterocycles. The van der Waals surface area contributed by atoms with Crippen molar-refractivity contribution < 1.29 is 23.0 Å². The molecular formula is C17H12Cl2F2O3. The highest BCUT2D eigenvalue weighted by Gasteiger charge is 2.13. The van der Waals surface area contributed by atoms with Crippen LogP contribution in [-0.4, -0.2) is 19.5 Å². The third kappa shape index (κ3) is 4.69. The van der Waals surface area contributed by atoms with E-state index in [1.165, 1.54) is 37.5 Å². The van der Waals surface area contributed by atoms with E-state index in [9.17, 15) is 13.6 Å². The molecule has 0 bridgehead atoms. The number of rotatable bonds is 6. The van der Waals surface area contributed by atoms with Crippen LogP contribution < -0.4 is 9.47 Å². The molecule has 0 N–H and O–H groups in total. The van der Waals surface area contributed by atoms with E-state index in [0.717, 1.165) is 0 Å². The van der Waals surface area contributed by atoms with E-state index < -0.39 is 6.61 Å². The summed E-state index contributed by atoms with van der Waals surface area (Å²) in [6.45, 7) is -2.98. The summed E-state index contributed by atoms with van der Waals surface area (Å²) in [7, 11) is 1.30. The van der Waals surface area contributed by atoms with Crippen molar-refractivity contribution in [3.63, 3.8) is 0 Å². The number of carbonyl (C=O) groups is 1. The summed E-state index contributed by atoms with van der Waals surface area (Å²) in [5.74, 6) is -0.448. The number of ether oxygens (including phenoxy) is 2. The maximum Gasteiger partial charge on any atom is 0.387 e. The van der Waals surface area contributed by atoms with E-state index in [-0.39, 0.29) is 22.8 Å². The molecule has 0 aliphatic carbocycles. The van der Waals surface area contributed by atoms with Crippen LogP contribution in [0, 0.1) is 0 Å². The largest absolute Gasteiger partial charge is 0.493 e. The minimum atomic E-state index is -2.98. The van der Waals surface area contributed by atoms with Gasteiger partial charge in [0.1, 0.15) is 0 Å². The molecule has 3 nitrogen and oxygen atoms in total. The molecule has 0 fully saturated rings. The predicted molar refractivity (Wildman–Crippen MR) is 89.5 cm³/mol. The Bertz CT molecular complexity index is 776. The monoisotopic (exact) mass is 372 g/mol. The summed E-state index contributed by atoms with van der Waals surface area (Å²) in [6.07, 6.45) is 2.86. The number of allylic oxidation sites excluding steroid dienone is 1. The third-order valence-electron chi connectivity index (χ3n) is 3.04. The highest BCUT2D eigenvalue weighted by Crippen LogP contribution is 2.30. The first-order valence-corrected chi connectivity index (χ1v) is 7.46. The molecule has 0 aliphatic rings. The van der Waals surface area contributed by atoms with Gasteiger partial charge < -0.3 is 9.47 Å². The standard InChI is InChI=1S/C17H12Cl2F2O3/c1-23-16-8-11(4-7-15(16)24-17(20)21)14(22)6-3-10-2-5-12(18)9-13(10)19/h2-9,17H,1H3/b6-3+. The SMILES string of the molecule is COc1cc(C(=O)/C=C/c2ccc(Cl)cc2Cl)ccc1OC(F)F. The Hall–Kier alpha value is -2.11. The summed E-state index contributed by atoms with van der Waals surface area (Å²) in [6, 6.07) is 8.84. The van der Waals surface area contributed by atoms with Crippen molar-refractivity contribution in [2.24, 2.45) is 0 Å². The van der Waals surface area contributed by atoms with Crippen molar-refractivity contribution in [2.75, 3.05) is 7.11 Å². The van der Waals surface area contributed by atoms with E-state index in [4.69, 9.17) is 27.9 Å². The van der Waals surface area contributed by atoms with Gasteiger partial charge in [0.05, 0.1) is 7.11 Å². The van der Waals surface area contributed by atoms with Crippen molar-refractivity contribution in [2.45, 2.75) is 6.61 Å². The molecule has 2 aromatic carbocycles. The van der Waals surface area contributed by atoms with Crippen molar-refractivity contribution in [1.82, 2.24) is 0 Å². The molecule has 126 valence electrons. The van der Waals surface area contributed by atoms with Gasteiger partial charge in [-0.1, -0.05) is 29.3 Å². The van der Waals surface area contributed by atoms with E-state index in [1.54, 1.807) is 18.2 Å². The fourth-order valence-electron chi connectivity index (χ4n) is 1.91. The minimum absolute atomic E-state index is 0.0408. The summed E-state index contributed by atoms with van der Waals surface area (Å²) in [5.41, 5.74) is 0.883. The lowest BCUT2D eigenvalue weighted by molar-refractivity contribution is -0.0512. The number of hydrogen-bond acceptors (Lipinski definition) is 3. The quantitative estimate of drug-likeness (QED) is 0.496. The van der Waals surface area contributed by atoms with Gasteiger partial charge in [0.2, 0.25) is 0 Å². The maximum atomic E-state index is 12.3. The highest BCUT2D eigenvalue weighted by atomic mass is 35.5.